The molecule has 1 unspecified atom stereocenters. The van der Waals surface area contributed by atoms with Crippen molar-refractivity contribution in [2.75, 3.05) is 6.61 Å². The molecule has 0 bridgehead atoms. The number of hydrogen-bond acceptors (Lipinski definition) is 6. The van der Waals surface area contributed by atoms with E-state index in [4.69, 9.17) is 4.74 Å². The van der Waals surface area contributed by atoms with E-state index >= 15 is 0 Å². The Balaban J connectivity index is 1.28. The van der Waals surface area contributed by atoms with Crippen LogP contribution < -0.4 is 5.32 Å². The van der Waals surface area contributed by atoms with Crippen molar-refractivity contribution in [2.24, 2.45) is 0 Å². The standard InChI is InChI=1S/C19H21N5O2S/c25-19(17-12-24(23-22-17)11-16-7-4-8-26-16)20-10-15-13-27-18(21-15)9-14-5-2-1-3-6-14/h1-3,5-6,12-13,16H,4,7-11H2,(H,20,25). The molecule has 7 nitrogen and oxygen atoms in total. The second-order valence-corrected chi connectivity index (χ2v) is 7.48. The van der Waals surface area contributed by atoms with Crippen LogP contribution in [0, 0.1) is 0 Å². The van der Waals surface area contributed by atoms with Gasteiger partial charge in [0.05, 0.1) is 36.1 Å². The summed E-state index contributed by atoms with van der Waals surface area (Å²) in [5.74, 6) is -0.244. The monoisotopic (exact) mass is 383 g/mol. The zero-order valence-corrected chi connectivity index (χ0v) is 15.7. The van der Waals surface area contributed by atoms with Crippen LogP contribution in [-0.4, -0.2) is 38.6 Å². The number of carbonyl (C=O) groups excluding carboxylic acids is 1. The molecule has 2 aromatic heterocycles. The van der Waals surface area contributed by atoms with Crippen molar-refractivity contribution in [2.45, 2.75) is 38.5 Å². The van der Waals surface area contributed by atoms with Crippen molar-refractivity contribution < 1.29 is 9.53 Å². The average molecular weight is 383 g/mol. The lowest BCUT2D eigenvalue weighted by Crippen LogP contribution is -2.23. The number of carbonyl (C=O) groups is 1. The van der Waals surface area contributed by atoms with Crippen molar-refractivity contribution in [3.63, 3.8) is 0 Å². The van der Waals surface area contributed by atoms with Gasteiger partial charge in [0, 0.05) is 18.4 Å². The molecular formula is C19H21N5O2S. The maximum Gasteiger partial charge on any atom is 0.273 e. The van der Waals surface area contributed by atoms with Crippen LogP contribution in [0.3, 0.4) is 0 Å². The third-order valence-electron chi connectivity index (χ3n) is 4.41. The predicted octanol–water partition coefficient (Wildman–Crippen LogP) is 2.43. The molecule has 0 saturated carbocycles. The van der Waals surface area contributed by atoms with Gasteiger partial charge in [-0.05, 0) is 18.4 Å². The van der Waals surface area contributed by atoms with Crippen molar-refractivity contribution >= 4 is 17.2 Å². The lowest BCUT2D eigenvalue weighted by Gasteiger charge is -2.07. The van der Waals surface area contributed by atoms with E-state index in [1.165, 1.54) is 5.56 Å². The highest BCUT2D eigenvalue weighted by atomic mass is 32.1. The van der Waals surface area contributed by atoms with Gasteiger partial charge in [-0.25, -0.2) is 9.67 Å². The summed E-state index contributed by atoms with van der Waals surface area (Å²) >= 11 is 1.61. The fourth-order valence-corrected chi connectivity index (χ4v) is 3.86. The predicted molar refractivity (Wildman–Crippen MR) is 102 cm³/mol. The molecule has 1 aliphatic heterocycles. The van der Waals surface area contributed by atoms with Gasteiger partial charge in [0.25, 0.3) is 5.91 Å². The van der Waals surface area contributed by atoms with E-state index < -0.39 is 0 Å². The maximum absolute atomic E-state index is 12.3. The first-order valence-corrected chi connectivity index (χ1v) is 9.91. The van der Waals surface area contributed by atoms with Crippen LogP contribution in [-0.2, 0) is 24.2 Å². The van der Waals surface area contributed by atoms with E-state index in [-0.39, 0.29) is 12.0 Å². The summed E-state index contributed by atoms with van der Waals surface area (Å²) in [6, 6.07) is 10.2. The Labute approximate surface area is 161 Å². The molecule has 1 N–H and O–H groups in total. The zero-order valence-electron chi connectivity index (χ0n) is 14.9. The molecule has 1 amide bonds. The number of nitrogens with one attached hydrogen (secondary N) is 1. The summed E-state index contributed by atoms with van der Waals surface area (Å²) in [6.07, 6.45) is 4.74. The Hall–Kier alpha value is -2.58. The highest BCUT2D eigenvalue weighted by molar-refractivity contribution is 7.09. The molecule has 1 aromatic carbocycles. The van der Waals surface area contributed by atoms with Crippen LogP contribution in [0.5, 0.6) is 0 Å². The second kappa shape index (κ2) is 8.41. The van der Waals surface area contributed by atoms with Crippen LogP contribution in [0.1, 0.15) is 39.6 Å². The van der Waals surface area contributed by atoms with Gasteiger partial charge in [0.2, 0.25) is 0 Å². The van der Waals surface area contributed by atoms with E-state index in [0.29, 0.717) is 18.8 Å². The normalized spacial score (nSPS) is 16.5. The Morgan fingerprint density at radius 1 is 1.33 bits per heavy atom. The molecule has 1 fully saturated rings. The molecular weight excluding hydrogens is 362 g/mol. The Kier molecular flexibility index (Phi) is 5.55. The van der Waals surface area contributed by atoms with E-state index in [9.17, 15) is 4.79 Å². The summed E-state index contributed by atoms with van der Waals surface area (Å²) in [7, 11) is 0. The fourth-order valence-electron chi connectivity index (χ4n) is 3.03. The molecule has 1 atom stereocenters. The van der Waals surface area contributed by atoms with E-state index in [1.54, 1.807) is 22.2 Å². The number of nitrogens with zero attached hydrogens (tertiary/aromatic N) is 4. The van der Waals surface area contributed by atoms with E-state index in [2.05, 4.69) is 32.7 Å². The molecule has 3 heterocycles. The van der Waals surface area contributed by atoms with Gasteiger partial charge in [-0.1, -0.05) is 35.5 Å². The summed E-state index contributed by atoms with van der Waals surface area (Å²) in [5.41, 5.74) is 2.39. The minimum atomic E-state index is -0.244. The number of ether oxygens (including phenoxy) is 1. The molecule has 4 rings (SSSR count). The van der Waals surface area contributed by atoms with E-state index in [0.717, 1.165) is 36.6 Å². The number of hydrogen-bond donors (Lipinski definition) is 1. The van der Waals surface area contributed by atoms with Gasteiger partial charge in [-0.3, -0.25) is 4.79 Å². The Morgan fingerprint density at radius 3 is 3.04 bits per heavy atom. The van der Waals surface area contributed by atoms with Gasteiger partial charge in [-0.2, -0.15) is 0 Å². The lowest BCUT2D eigenvalue weighted by atomic mass is 10.2. The van der Waals surface area contributed by atoms with Gasteiger partial charge < -0.3 is 10.1 Å². The highest BCUT2D eigenvalue weighted by Gasteiger charge is 2.18. The minimum absolute atomic E-state index is 0.167. The molecule has 140 valence electrons. The summed E-state index contributed by atoms with van der Waals surface area (Å²) in [6.45, 7) is 1.81. The largest absolute Gasteiger partial charge is 0.376 e. The molecule has 0 aliphatic carbocycles. The quantitative estimate of drug-likeness (QED) is 0.678. The maximum atomic E-state index is 12.3. The van der Waals surface area contributed by atoms with Crippen LogP contribution >= 0.6 is 11.3 Å². The van der Waals surface area contributed by atoms with Crippen LogP contribution in [0.2, 0.25) is 0 Å². The molecule has 1 aliphatic rings. The second-order valence-electron chi connectivity index (χ2n) is 6.54. The van der Waals surface area contributed by atoms with Gasteiger partial charge in [-0.15, -0.1) is 16.4 Å². The van der Waals surface area contributed by atoms with Crippen molar-refractivity contribution in [1.29, 1.82) is 0 Å². The molecule has 0 spiro atoms. The number of rotatable bonds is 7. The minimum Gasteiger partial charge on any atom is -0.376 e. The molecule has 3 aromatic rings. The first-order chi connectivity index (χ1) is 13.3. The fraction of sp³-hybridized carbons (Fsp3) is 0.368. The number of aromatic nitrogens is 4. The number of benzene rings is 1. The van der Waals surface area contributed by atoms with Crippen molar-refractivity contribution in [3.8, 4) is 0 Å². The summed E-state index contributed by atoms with van der Waals surface area (Å²) < 4.78 is 7.25. The Morgan fingerprint density at radius 2 is 2.22 bits per heavy atom. The molecule has 0 radical (unpaired) electrons. The SMILES string of the molecule is O=C(NCc1csc(Cc2ccccc2)n1)c1cn(CC2CCCO2)nn1. The third kappa shape index (κ3) is 4.78. The third-order valence-corrected chi connectivity index (χ3v) is 5.31. The zero-order chi connectivity index (χ0) is 18.5. The number of thiazole rings is 1. The van der Waals surface area contributed by atoms with Crippen LogP contribution in [0.4, 0.5) is 0 Å². The topological polar surface area (TPSA) is 81.9 Å². The van der Waals surface area contributed by atoms with Gasteiger partial charge in [0.1, 0.15) is 0 Å². The molecule has 1 saturated heterocycles. The Bertz CT molecular complexity index is 886. The van der Waals surface area contributed by atoms with E-state index in [1.807, 2.05) is 23.6 Å². The average Bonchev–Trinajstić information content (AvgIpc) is 3.44. The highest BCUT2D eigenvalue weighted by Crippen LogP contribution is 2.15. The van der Waals surface area contributed by atoms with Crippen LogP contribution in [0.15, 0.2) is 41.9 Å². The van der Waals surface area contributed by atoms with Crippen LogP contribution in [0.25, 0.3) is 0 Å². The van der Waals surface area contributed by atoms with Crippen molar-refractivity contribution in [1.82, 2.24) is 25.3 Å². The lowest BCUT2D eigenvalue weighted by molar-refractivity contribution is 0.0929. The molecule has 27 heavy (non-hydrogen) atoms. The van der Waals surface area contributed by atoms with Gasteiger partial charge in [0.15, 0.2) is 5.69 Å². The first kappa shape index (κ1) is 17.8. The van der Waals surface area contributed by atoms with Crippen molar-refractivity contribution in [3.05, 3.63) is 63.9 Å². The molecule has 8 heteroatoms. The number of amides is 1. The first-order valence-electron chi connectivity index (χ1n) is 9.03. The van der Waals surface area contributed by atoms with Gasteiger partial charge >= 0.3 is 0 Å². The summed E-state index contributed by atoms with van der Waals surface area (Å²) in [5, 5.41) is 13.8. The smallest absolute Gasteiger partial charge is 0.273 e. The summed E-state index contributed by atoms with van der Waals surface area (Å²) in [4.78, 5) is 16.9.